The molecule has 2 unspecified atom stereocenters. The summed E-state index contributed by atoms with van der Waals surface area (Å²) < 4.78 is 59.4. The fraction of sp³-hybridized carbons (Fsp3) is 0.565. The van der Waals surface area contributed by atoms with Crippen LogP contribution in [0.2, 0.25) is 0 Å². The molecule has 11 atom stereocenters. The van der Waals surface area contributed by atoms with E-state index in [1.807, 2.05) is 0 Å². The standard InChI is InChI=1S/C23H28N10O10P2S2/c1-39-14-9-3-40-45(38,46)43-16-13(34)12(32-6-28-10-17(24)26-5-27-18(10)32)8-2-23(8,16)4-41-44(36,37)42-15(14)21(47-9)33-7-29-11-19(33)30-22(25)31-20(11)35/h5-9,12-16,21,34H,2-4H2,1H3,(H,36,37)(H,38,46)(H2,24,26,27)(H3,25,30,31,35)/t8-,9-,12?,13+,14-,15-,16+,21-,23+,45-/m1/s1. The van der Waals surface area contributed by atoms with Crippen molar-refractivity contribution < 1.29 is 42.0 Å². The molecule has 20 nitrogen and oxygen atoms in total. The molecule has 1 spiro atoms. The predicted octanol–water partition coefficient (Wildman–Crippen LogP) is 0.630. The van der Waals surface area contributed by atoms with Crippen molar-refractivity contribution in [2.24, 2.45) is 11.3 Å². The maximum Gasteiger partial charge on any atom is 0.472 e. The number of hydrogen-bond donors (Lipinski definition) is 6. The Labute approximate surface area is 273 Å². The Morgan fingerprint density at radius 1 is 1.13 bits per heavy atom. The first-order valence-electron chi connectivity index (χ1n) is 14.2. The van der Waals surface area contributed by atoms with E-state index in [1.165, 1.54) is 42.4 Å². The number of aliphatic hydroxyl groups is 1. The lowest BCUT2D eigenvalue weighted by atomic mass is 10.0. The number of aromatic amines is 1. The van der Waals surface area contributed by atoms with Gasteiger partial charge in [-0.3, -0.25) is 32.4 Å². The monoisotopic (exact) mass is 730 g/mol. The number of ether oxygens (including phenoxy) is 1. The zero-order valence-electron chi connectivity index (χ0n) is 24.2. The van der Waals surface area contributed by atoms with Gasteiger partial charge >= 0.3 is 14.6 Å². The Morgan fingerprint density at radius 3 is 2.68 bits per heavy atom. The molecule has 2 bridgehead atoms. The van der Waals surface area contributed by atoms with Crippen LogP contribution < -0.4 is 17.0 Å². The lowest BCUT2D eigenvalue weighted by molar-refractivity contribution is -0.0275. The van der Waals surface area contributed by atoms with Crippen LogP contribution in [-0.2, 0) is 32.0 Å². The maximum atomic E-state index is 13.8. The lowest BCUT2D eigenvalue weighted by Crippen LogP contribution is -2.37. The zero-order chi connectivity index (χ0) is 33.0. The molecular formula is C23H28N10O10P2S2. The number of anilines is 2. The number of phosphoric ester groups is 1. The number of thioether (sulfide) groups is 1. The summed E-state index contributed by atoms with van der Waals surface area (Å²) in [7, 11) is -3.50. The number of aromatic nitrogens is 8. The summed E-state index contributed by atoms with van der Waals surface area (Å²) in [6, 6.07) is -0.713. The van der Waals surface area contributed by atoms with Crippen molar-refractivity contribution in [3.8, 4) is 0 Å². The van der Waals surface area contributed by atoms with Crippen molar-refractivity contribution >= 4 is 72.7 Å². The minimum Gasteiger partial charge on any atom is -0.388 e. The molecule has 2 saturated carbocycles. The maximum absolute atomic E-state index is 13.8. The molecule has 4 aromatic heterocycles. The molecule has 2 aliphatic heterocycles. The Hall–Kier alpha value is -2.62. The van der Waals surface area contributed by atoms with Crippen LogP contribution in [0.1, 0.15) is 17.8 Å². The predicted molar refractivity (Wildman–Crippen MR) is 167 cm³/mol. The van der Waals surface area contributed by atoms with Crippen LogP contribution in [0.5, 0.6) is 0 Å². The number of methoxy groups -OCH3 is 1. The fourth-order valence-electron chi connectivity index (χ4n) is 7.08. The molecule has 8 rings (SSSR count). The highest BCUT2D eigenvalue weighted by Gasteiger charge is 2.74. The quantitative estimate of drug-likeness (QED) is 0.124. The van der Waals surface area contributed by atoms with Crippen LogP contribution in [0.15, 0.2) is 23.8 Å². The van der Waals surface area contributed by atoms with Crippen molar-refractivity contribution in [2.75, 3.05) is 31.8 Å². The van der Waals surface area contributed by atoms with Gasteiger partial charge in [0.05, 0.1) is 37.2 Å². The first kappa shape index (κ1) is 31.6. The van der Waals surface area contributed by atoms with Gasteiger partial charge in [0.15, 0.2) is 22.6 Å². The number of H-pyrrole nitrogens is 1. The van der Waals surface area contributed by atoms with Gasteiger partial charge < -0.3 is 30.8 Å². The SMILES string of the molecule is CO[C@H]1[C@H]2OP(=O)(O)OC[C@@]34C[C@@H]3C(n3cnc5c(N)ncnc53)[C@H](O)[C@@H]4O[P@](=O)(S)OC[C@H]1S[C@H]2n1cnc2c(=O)[nH]c(N)nc21. The molecule has 2 saturated heterocycles. The number of hydrogen-bond acceptors (Lipinski definition) is 17. The smallest absolute Gasteiger partial charge is 0.388 e. The van der Waals surface area contributed by atoms with Crippen molar-refractivity contribution in [1.82, 2.24) is 39.0 Å². The topological polar surface area (TPSA) is 280 Å². The highest BCUT2D eigenvalue weighted by molar-refractivity contribution is 8.44. The molecule has 252 valence electrons. The minimum atomic E-state index is -4.87. The molecule has 0 amide bonds. The second kappa shape index (κ2) is 10.9. The van der Waals surface area contributed by atoms with Crippen molar-refractivity contribution in [1.29, 1.82) is 0 Å². The van der Waals surface area contributed by atoms with E-state index in [4.69, 9.17) is 34.3 Å². The van der Waals surface area contributed by atoms with Gasteiger partial charge in [0.25, 0.3) is 5.56 Å². The van der Waals surface area contributed by atoms with Gasteiger partial charge in [0.2, 0.25) is 5.95 Å². The van der Waals surface area contributed by atoms with Crippen LogP contribution in [0.3, 0.4) is 0 Å². The molecule has 4 fully saturated rings. The van der Waals surface area contributed by atoms with Crippen molar-refractivity contribution in [2.45, 2.75) is 47.5 Å². The van der Waals surface area contributed by atoms with Gasteiger partial charge in [-0.25, -0.2) is 29.1 Å². The van der Waals surface area contributed by atoms with Crippen LogP contribution in [-0.4, -0.2) is 99.0 Å². The summed E-state index contributed by atoms with van der Waals surface area (Å²) in [6.45, 7) is -4.89. The summed E-state index contributed by atoms with van der Waals surface area (Å²) in [5, 5.41) is 10.1. The molecular weight excluding hydrogens is 702 g/mol. The number of nitrogens with zero attached hydrogens (tertiary/aromatic N) is 7. The van der Waals surface area contributed by atoms with Gasteiger partial charge in [0.1, 0.15) is 41.6 Å². The average molecular weight is 731 g/mol. The molecule has 7 N–H and O–H groups in total. The Balaban J connectivity index is 1.15. The Bertz CT molecular complexity index is 2070. The van der Waals surface area contributed by atoms with E-state index in [9.17, 15) is 23.9 Å². The number of imidazole rings is 2. The van der Waals surface area contributed by atoms with Gasteiger partial charge in [-0.15, -0.1) is 11.8 Å². The fourth-order valence-corrected chi connectivity index (χ4v) is 11.4. The number of thiol groups is 1. The highest BCUT2D eigenvalue weighted by atomic mass is 32.7. The first-order chi connectivity index (χ1) is 22.3. The Kier molecular flexibility index (Phi) is 7.37. The van der Waals surface area contributed by atoms with Crippen molar-refractivity contribution in [3.63, 3.8) is 0 Å². The third-order valence-corrected chi connectivity index (χ3v) is 13.3. The van der Waals surface area contributed by atoms with Gasteiger partial charge in [-0.2, -0.15) is 4.98 Å². The van der Waals surface area contributed by atoms with E-state index in [-0.39, 0.29) is 29.5 Å². The van der Waals surface area contributed by atoms with Crippen LogP contribution in [0.4, 0.5) is 11.8 Å². The van der Waals surface area contributed by atoms with E-state index >= 15 is 0 Å². The summed E-state index contributed by atoms with van der Waals surface area (Å²) in [6.07, 6.45) is -0.216. The number of phosphoric acid groups is 1. The number of nitrogens with one attached hydrogen (secondary N) is 1. The molecule has 0 radical (unpaired) electrons. The van der Waals surface area contributed by atoms with Gasteiger partial charge in [0, 0.05) is 12.5 Å². The van der Waals surface area contributed by atoms with Crippen LogP contribution in [0, 0.1) is 11.3 Å². The van der Waals surface area contributed by atoms with E-state index in [2.05, 4.69) is 42.2 Å². The van der Waals surface area contributed by atoms with Crippen molar-refractivity contribution in [3.05, 3.63) is 29.3 Å². The van der Waals surface area contributed by atoms with E-state index in [0.29, 0.717) is 17.6 Å². The van der Waals surface area contributed by atoms with Crippen LogP contribution >= 0.6 is 38.6 Å². The number of rotatable bonds is 3. The second-order valence-electron chi connectivity index (χ2n) is 11.8. The van der Waals surface area contributed by atoms with Gasteiger partial charge in [-0.1, -0.05) is 12.2 Å². The average Bonchev–Trinajstić information content (AvgIpc) is 3.30. The van der Waals surface area contributed by atoms with E-state index < -0.39 is 79.2 Å². The summed E-state index contributed by atoms with van der Waals surface area (Å²) in [5.74, 6) is -0.410. The molecule has 4 aromatic rings. The highest BCUT2D eigenvalue weighted by Crippen LogP contribution is 2.73. The first-order valence-corrected chi connectivity index (χ1v) is 19.3. The summed E-state index contributed by atoms with van der Waals surface area (Å²) in [5.41, 5.74) is 10.8. The zero-order valence-corrected chi connectivity index (χ0v) is 27.7. The molecule has 0 aromatic carbocycles. The molecule has 4 aliphatic rings. The minimum absolute atomic E-state index is 0.0163. The lowest BCUT2D eigenvalue weighted by Gasteiger charge is -2.30. The number of aliphatic hydroxyl groups excluding tert-OH is 1. The molecule has 47 heavy (non-hydrogen) atoms. The number of nitrogen functional groups attached to an aromatic ring is 2. The van der Waals surface area contributed by atoms with Gasteiger partial charge in [-0.05, 0) is 12.3 Å². The van der Waals surface area contributed by atoms with Crippen LogP contribution in [0.25, 0.3) is 22.3 Å². The third kappa shape index (κ3) is 5.04. The molecule has 6 heterocycles. The largest absolute Gasteiger partial charge is 0.472 e. The Morgan fingerprint density at radius 2 is 1.89 bits per heavy atom. The third-order valence-electron chi connectivity index (χ3n) is 9.21. The molecule has 24 heteroatoms. The summed E-state index contributed by atoms with van der Waals surface area (Å²) >= 11 is 5.41. The normalized spacial score (nSPS) is 40.4. The van der Waals surface area contributed by atoms with E-state index in [1.54, 1.807) is 4.57 Å². The van der Waals surface area contributed by atoms with E-state index in [0.717, 1.165) is 0 Å². The summed E-state index contributed by atoms with van der Waals surface area (Å²) in [4.78, 5) is 46.8. The number of nitrogens with two attached hydrogens (primary N) is 2. The number of fused-ring (bicyclic) bond motifs is 4. The molecule has 2 aliphatic carbocycles. The second-order valence-corrected chi connectivity index (χ2v) is 17.4.